The van der Waals surface area contributed by atoms with Gasteiger partial charge in [0.25, 0.3) is 0 Å². The van der Waals surface area contributed by atoms with E-state index in [1.807, 2.05) is 0 Å². The van der Waals surface area contributed by atoms with Crippen molar-refractivity contribution in [2.45, 2.75) is 58.8 Å². The number of hydrogen-bond donors (Lipinski definition) is 1. The molecule has 2 heteroatoms. The van der Waals surface area contributed by atoms with Crippen LogP contribution in [-0.4, -0.2) is 23.4 Å². The first-order valence-electron chi connectivity index (χ1n) is 5.41. The van der Waals surface area contributed by atoms with Gasteiger partial charge < -0.3 is 9.84 Å². The van der Waals surface area contributed by atoms with E-state index >= 15 is 0 Å². The van der Waals surface area contributed by atoms with Crippen LogP contribution in [0, 0.1) is 11.8 Å². The van der Waals surface area contributed by atoms with E-state index in [1.54, 1.807) is 0 Å². The Kier molecular flexibility index (Phi) is 3.74. The molecule has 0 amide bonds. The van der Waals surface area contributed by atoms with E-state index in [4.69, 9.17) is 4.74 Å². The first-order chi connectivity index (χ1) is 6.07. The van der Waals surface area contributed by atoms with Gasteiger partial charge in [0.05, 0.1) is 18.3 Å². The third-order valence-electron chi connectivity index (χ3n) is 3.37. The van der Waals surface area contributed by atoms with Crippen LogP contribution in [0.2, 0.25) is 0 Å². The van der Waals surface area contributed by atoms with E-state index in [0.717, 1.165) is 12.8 Å². The zero-order chi connectivity index (χ0) is 10.0. The van der Waals surface area contributed by atoms with Gasteiger partial charge in [-0.2, -0.15) is 0 Å². The minimum Gasteiger partial charge on any atom is -0.392 e. The summed E-state index contributed by atoms with van der Waals surface area (Å²) in [7, 11) is 0. The second kappa shape index (κ2) is 4.43. The van der Waals surface area contributed by atoms with Gasteiger partial charge in [-0.25, -0.2) is 0 Å². The van der Waals surface area contributed by atoms with Gasteiger partial charge in [-0.3, -0.25) is 0 Å². The third-order valence-corrected chi connectivity index (χ3v) is 3.37. The Morgan fingerprint density at radius 1 is 1.15 bits per heavy atom. The summed E-state index contributed by atoms with van der Waals surface area (Å²) in [4.78, 5) is 0. The average Bonchev–Trinajstić information content (AvgIpc) is 2.11. The van der Waals surface area contributed by atoms with Crippen molar-refractivity contribution >= 4 is 0 Å². The summed E-state index contributed by atoms with van der Waals surface area (Å²) >= 11 is 0. The topological polar surface area (TPSA) is 29.5 Å². The number of aliphatic hydroxyl groups excluding tert-OH is 1. The van der Waals surface area contributed by atoms with Crippen LogP contribution in [0.15, 0.2) is 0 Å². The monoisotopic (exact) mass is 186 g/mol. The molecular weight excluding hydrogens is 164 g/mol. The Balaban J connectivity index is 2.59. The molecule has 0 aliphatic carbocycles. The van der Waals surface area contributed by atoms with Gasteiger partial charge in [0.15, 0.2) is 0 Å². The van der Waals surface area contributed by atoms with Crippen molar-refractivity contribution < 1.29 is 9.84 Å². The molecule has 1 fully saturated rings. The fraction of sp³-hybridized carbons (Fsp3) is 1.00. The maximum atomic E-state index is 9.93. The fourth-order valence-corrected chi connectivity index (χ4v) is 2.12. The molecule has 0 bridgehead atoms. The summed E-state index contributed by atoms with van der Waals surface area (Å²) in [6, 6.07) is 0. The van der Waals surface area contributed by atoms with Crippen molar-refractivity contribution in [3.63, 3.8) is 0 Å². The molecule has 0 saturated carbocycles. The normalized spacial score (nSPS) is 46.4. The number of hydrogen-bond acceptors (Lipinski definition) is 2. The molecule has 1 aliphatic heterocycles. The largest absolute Gasteiger partial charge is 0.392 e. The molecule has 78 valence electrons. The van der Waals surface area contributed by atoms with Gasteiger partial charge >= 0.3 is 0 Å². The summed E-state index contributed by atoms with van der Waals surface area (Å²) < 4.78 is 5.86. The average molecular weight is 186 g/mol. The van der Waals surface area contributed by atoms with Crippen molar-refractivity contribution in [2.75, 3.05) is 0 Å². The summed E-state index contributed by atoms with van der Waals surface area (Å²) in [6.07, 6.45) is 2.45. The molecule has 1 aliphatic rings. The Bertz CT molecular complexity index is 158. The lowest BCUT2D eigenvalue weighted by atomic mass is 9.82. The number of ether oxygens (including phenoxy) is 1. The van der Waals surface area contributed by atoms with E-state index in [2.05, 4.69) is 27.7 Å². The van der Waals surface area contributed by atoms with Gasteiger partial charge in [-0.1, -0.05) is 27.2 Å². The summed E-state index contributed by atoms with van der Waals surface area (Å²) in [5, 5.41) is 9.93. The molecule has 2 nitrogen and oxygen atoms in total. The highest BCUT2D eigenvalue weighted by Crippen LogP contribution is 2.31. The van der Waals surface area contributed by atoms with Gasteiger partial charge in [-0.15, -0.1) is 0 Å². The highest BCUT2D eigenvalue weighted by atomic mass is 16.5. The predicted octanol–water partition coefficient (Wildman–Crippen LogP) is 2.21. The maximum Gasteiger partial charge on any atom is 0.0640 e. The van der Waals surface area contributed by atoms with Crippen molar-refractivity contribution in [1.29, 1.82) is 0 Å². The second-order valence-electron chi connectivity index (χ2n) is 4.38. The summed E-state index contributed by atoms with van der Waals surface area (Å²) in [5.74, 6) is 0.550. The van der Waals surface area contributed by atoms with Crippen LogP contribution in [0.1, 0.15) is 40.5 Å². The lowest BCUT2D eigenvalue weighted by Gasteiger charge is -2.41. The van der Waals surface area contributed by atoms with Crippen LogP contribution < -0.4 is 0 Å². The highest BCUT2D eigenvalue weighted by molar-refractivity contribution is 4.85. The molecule has 1 heterocycles. The second-order valence-corrected chi connectivity index (χ2v) is 4.38. The molecule has 0 unspecified atom stereocenters. The van der Waals surface area contributed by atoms with Gasteiger partial charge in [0, 0.05) is 11.8 Å². The van der Waals surface area contributed by atoms with Gasteiger partial charge in [-0.05, 0) is 13.3 Å². The SMILES string of the molecule is CCC[C@H]1O[C@@H](C)[C@@H](C)[C@@H](O)[C@H]1C. The highest BCUT2D eigenvalue weighted by Gasteiger charge is 2.37. The number of aliphatic hydroxyl groups is 1. The van der Waals surface area contributed by atoms with Crippen LogP contribution in [0.3, 0.4) is 0 Å². The Morgan fingerprint density at radius 2 is 1.77 bits per heavy atom. The smallest absolute Gasteiger partial charge is 0.0640 e. The van der Waals surface area contributed by atoms with Crippen molar-refractivity contribution in [2.24, 2.45) is 11.8 Å². The van der Waals surface area contributed by atoms with Crippen LogP contribution in [0.5, 0.6) is 0 Å². The Morgan fingerprint density at radius 3 is 2.31 bits per heavy atom. The molecular formula is C11H22O2. The minimum absolute atomic E-state index is 0.194. The van der Waals surface area contributed by atoms with Crippen LogP contribution in [-0.2, 0) is 4.74 Å². The predicted molar refractivity (Wildman–Crippen MR) is 53.6 cm³/mol. The van der Waals surface area contributed by atoms with E-state index < -0.39 is 0 Å². The molecule has 0 radical (unpaired) electrons. The zero-order valence-electron chi connectivity index (χ0n) is 9.16. The van der Waals surface area contributed by atoms with Crippen molar-refractivity contribution in [3.8, 4) is 0 Å². The molecule has 0 spiro atoms. The lowest BCUT2D eigenvalue weighted by molar-refractivity contribution is -0.158. The number of rotatable bonds is 2. The van der Waals surface area contributed by atoms with E-state index in [1.165, 1.54) is 0 Å². The Hall–Kier alpha value is -0.0800. The van der Waals surface area contributed by atoms with Crippen LogP contribution in [0.4, 0.5) is 0 Å². The minimum atomic E-state index is -0.194. The lowest BCUT2D eigenvalue weighted by Crippen LogP contribution is -2.47. The van der Waals surface area contributed by atoms with Crippen LogP contribution in [0.25, 0.3) is 0 Å². The van der Waals surface area contributed by atoms with E-state index in [0.29, 0.717) is 0 Å². The van der Waals surface area contributed by atoms with Crippen molar-refractivity contribution in [1.82, 2.24) is 0 Å². The molecule has 1 rings (SSSR count). The van der Waals surface area contributed by atoms with Gasteiger partial charge in [0.2, 0.25) is 0 Å². The first-order valence-corrected chi connectivity index (χ1v) is 5.41. The molecule has 5 atom stereocenters. The zero-order valence-corrected chi connectivity index (χ0v) is 9.16. The molecule has 0 aromatic rings. The quantitative estimate of drug-likeness (QED) is 0.716. The maximum absolute atomic E-state index is 9.93. The van der Waals surface area contributed by atoms with Crippen LogP contribution >= 0.6 is 0 Å². The molecule has 1 N–H and O–H groups in total. The molecule has 1 saturated heterocycles. The first kappa shape index (κ1) is 11.0. The molecule has 0 aromatic carbocycles. The molecule has 0 aromatic heterocycles. The Labute approximate surface area is 81.3 Å². The third kappa shape index (κ3) is 2.23. The summed E-state index contributed by atoms with van der Waals surface area (Å²) in [6.45, 7) is 8.37. The standard InChI is InChI=1S/C11H22O2/c1-5-6-10-8(3)11(12)7(2)9(4)13-10/h7-12H,5-6H2,1-4H3/t7-,8+,9+,10-,11-/m1/s1. The van der Waals surface area contributed by atoms with E-state index in [-0.39, 0.29) is 30.1 Å². The van der Waals surface area contributed by atoms with E-state index in [9.17, 15) is 5.11 Å². The summed E-state index contributed by atoms with van der Waals surface area (Å²) in [5.41, 5.74) is 0. The van der Waals surface area contributed by atoms with Gasteiger partial charge in [0.1, 0.15) is 0 Å². The van der Waals surface area contributed by atoms with Crippen molar-refractivity contribution in [3.05, 3.63) is 0 Å². The fourth-order valence-electron chi connectivity index (χ4n) is 2.12. The molecule has 13 heavy (non-hydrogen) atoms.